The lowest BCUT2D eigenvalue weighted by molar-refractivity contribution is 0.0900. The first kappa shape index (κ1) is 13.8. The molecule has 1 heterocycles. The van der Waals surface area contributed by atoms with Crippen molar-refractivity contribution in [3.63, 3.8) is 0 Å². The Balaban J connectivity index is 2.19. The number of hydrogen-bond acceptors (Lipinski definition) is 6. The molecule has 2 rings (SSSR count). The van der Waals surface area contributed by atoms with Crippen LogP contribution in [0.3, 0.4) is 0 Å². The Morgan fingerprint density at radius 2 is 2.10 bits per heavy atom. The Morgan fingerprint density at radius 3 is 2.60 bits per heavy atom. The lowest BCUT2D eigenvalue weighted by Gasteiger charge is -2.18. The summed E-state index contributed by atoms with van der Waals surface area (Å²) in [6.07, 6.45) is -0.0825. The van der Waals surface area contributed by atoms with Crippen LogP contribution in [0, 0.1) is 0 Å². The minimum atomic E-state index is -0.841. The minimum Gasteiger partial charge on any atom is -0.439 e. The Labute approximate surface area is 116 Å². The van der Waals surface area contributed by atoms with Crippen LogP contribution in [0.5, 0.6) is 0 Å². The fraction of sp³-hybridized carbons (Fsp3) is 0.333. The lowest BCUT2D eigenvalue weighted by Crippen LogP contribution is -2.22. The highest BCUT2D eigenvalue weighted by Gasteiger charge is 2.17. The zero-order valence-corrected chi connectivity index (χ0v) is 11.3. The topological polar surface area (TPSA) is 99.2 Å². The molecule has 0 aliphatic carbocycles. The Kier molecular flexibility index (Phi) is 4.14. The largest absolute Gasteiger partial charge is 0.439 e. The summed E-state index contributed by atoms with van der Waals surface area (Å²) < 4.78 is 5.11. The molecule has 0 aliphatic heterocycles. The van der Waals surface area contributed by atoms with Gasteiger partial charge in [0.2, 0.25) is 0 Å². The number of primary amides is 1. The fourth-order valence-electron chi connectivity index (χ4n) is 1.76. The fourth-order valence-corrected chi connectivity index (χ4v) is 1.76. The molecule has 1 unspecified atom stereocenters. The lowest BCUT2D eigenvalue weighted by atomic mass is 10.1. The van der Waals surface area contributed by atoms with Crippen molar-refractivity contribution < 1.29 is 9.53 Å². The summed E-state index contributed by atoms with van der Waals surface area (Å²) in [4.78, 5) is 14.3. The third-order valence-corrected chi connectivity index (χ3v) is 2.76. The summed E-state index contributed by atoms with van der Waals surface area (Å²) in [7, 11) is 3.90. The van der Waals surface area contributed by atoms with Gasteiger partial charge in [0.05, 0.1) is 0 Å². The van der Waals surface area contributed by atoms with Gasteiger partial charge in [0, 0.05) is 19.8 Å². The molecule has 0 bridgehead atoms. The highest BCUT2D eigenvalue weighted by molar-refractivity contribution is 5.65. The van der Waals surface area contributed by atoms with Crippen molar-refractivity contribution in [1.82, 2.24) is 20.2 Å². The van der Waals surface area contributed by atoms with Crippen molar-refractivity contribution in [2.75, 3.05) is 19.0 Å². The van der Waals surface area contributed by atoms with Crippen molar-refractivity contribution in [3.05, 3.63) is 36.2 Å². The first-order valence-electron chi connectivity index (χ1n) is 6.00. The number of hydrogen-bond donors (Lipinski definition) is 1. The molecule has 8 heteroatoms. The number of carbonyl (C=O) groups is 1. The van der Waals surface area contributed by atoms with E-state index in [1.165, 1.54) is 11.1 Å². The van der Waals surface area contributed by atoms with E-state index in [0.717, 1.165) is 11.3 Å². The summed E-state index contributed by atoms with van der Waals surface area (Å²) in [5.41, 5.74) is 6.96. The first-order valence-corrected chi connectivity index (χ1v) is 6.00. The Bertz CT molecular complexity index is 552. The van der Waals surface area contributed by atoms with Crippen molar-refractivity contribution in [1.29, 1.82) is 0 Å². The van der Waals surface area contributed by atoms with Gasteiger partial charge in [-0.25, -0.2) is 4.79 Å². The molecule has 2 aromatic rings. The predicted octanol–water partition coefficient (Wildman–Crippen LogP) is 0.576. The van der Waals surface area contributed by atoms with Gasteiger partial charge >= 0.3 is 6.09 Å². The number of tetrazole rings is 1. The number of benzene rings is 1. The van der Waals surface area contributed by atoms with Gasteiger partial charge in [0.25, 0.3) is 0 Å². The third kappa shape index (κ3) is 3.44. The minimum absolute atomic E-state index is 0.254. The van der Waals surface area contributed by atoms with E-state index in [2.05, 4.69) is 15.4 Å². The van der Waals surface area contributed by atoms with Gasteiger partial charge in [-0.1, -0.05) is 12.1 Å². The molecule has 0 fully saturated rings. The monoisotopic (exact) mass is 276 g/mol. The molecule has 1 aromatic carbocycles. The summed E-state index contributed by atoms with van der Waals surface area (Å²) in [6.45, 7) is 0.254. The van der Waals surface area contributed by atoms with E-state index in [4.69, 9.17) is 10.5 Å². The second-order valence-corrected chi connectivity index (χ2v) is 4.40. The van der Waals surface area contributed by atoms with Gasteiger partial charge < -0.3 is 15.4 Å². The molecular formula is C12H16N6O2. The molecule has 0 saturated carbocycles. The van der Waals surface area contributed by atoms with Crippen LogP contribution in [0.4, 0.5) is 10.5 Å². The average molecular weight is 276 g/mol. The molecule has 1 amide bonds. The van der Waals surface area contributed by atoms with Crippen LogP contribution < -0.4 is 10.6 Å². The van der Waals surface area contributed by atoms with Gasteiger partial charge in [-0.3, -0.25) is 0 Å². The Hall–Kier alpha value is -2.64. The van der Waals surface area contributed by atoms with Crippen molar-refractivity contribution in [2.24, 2.45) is 5.73 Å². The van der Waals surface area contributed by atoms with Gasteiger partial charge in [-0.15, -0.1) is 10.2 Å². The summed E-state index contributed by atoms with van der Waals surface area (Å²) >= 11 is 0. The highest BCUT2D eigenvalue weighted by Crippen LogP contribution is 2.22. The molecule has 2 N–H and O–H groups in total. The maximum Gasteiger partial charge on any atom is 0.405 e. The van der Waals surface area contributed by atoms with Crippen LogP contribution in [-0.4, -0.2) is 40.4 Å². The zero-order valence-electron chi connectivity index (χ0n) is 11.3. The van der Waals surface area contributed by atoms with E-state index in [-0.39, 0.29) is 6.54 Å². The van der Waals surface area contributed by atoms with E-state index in [1.54, 1.807) is 0 Å². The number of ether oxygens (including phenoxy) is 1. The van der Waals surface area contributed by atoms with Crippen LogP contribution >= 0.6 is 0 Å². The third-order valence-electron chi connectivity index (χ3n) is 2.76. The number of anilines is 1. The molecule has 1 atom stereocenters. The number of rotatable bonds is 5. The van der Waals surface area contributed by atoms with Gasteiger partial charge in [-0.2, -0.15) is 4.80 Å². The molecular weight excluding hydrogens is 260 g/mol. The van der Waals surface area contributed by atoms with Crippen LogP contribution in [0.15, 0.2) is 30.6 Å². The standard InChI is InChI=1S/C12H16N6O2/c1-17(2)10-5-3-9(4-6-10)11(20-12(13)19)7-18-15-8-14-16-18/h3-6,8,11H,7H2,1-2H3,(H2,13,19). The molecule has 0 aliphatic rings. The predicted molar refractivity (Wildman–Crippen MR) is 72.0 cm³/mol. The maximum absolute atomic E-state index is 11.0. The molecule has 1 aromatic heterocycles. The van der Waals surface area contributed by atoms with Crippen molar-refractivity contribution in [2.45, 2.75) is 12.6 Å². The van der Waals surface area contributed by atoms with Gasteiger partial charge in [-0.05, 0) is 22.9 Å². The number of aromatic nitrogens is 4. The molecule has 0 radical (unpaired) electrons. The SMILES string of the molecule is CN(C)c1ccc(C(Cn2ncnn2)OC(N)=O)cc1. The zero-order chi connectivity index (χ0) is 14.5. The molecule has 106 valence electrons. The number of nitrogens with two attached hydrogens (primary N) is 1. The van der Waals surface area contributed by atoms with Crippen LogP contribution in [0.25, 0.3) is 0 Å². The molecule has 20 heavy (non-hydrogen) atoms. The van der Waals surface area contributed by atoms with Crippen LogP contribution in [0.1, 0.15) is 11.7 Å². The number of carbonyl (C=O) groups excluding carboxylic acids is 1. The molecule has 8 nitrogen and oxygen atoms in total. The molecule has 0 spiro atoms. The van der Waals surface area contributed by atoms with Gasteiger partial charge in [0.15, 0.2) is 12.4 Å². The van der Waals surface area contributed by atoms with Crippen molar-refractivity contribution in [3.8, 4) is 0 Å². The molecule has 0 saturated heterocycles. The smallest absolute Gasteiger partial charge is 0.405 e. The second-order valence-electron chi connectivity index (χ2n) is 4.40. The van der Waals surface area contributed by atoms with Crippen molar-refractivity contribution >= 4 is 11.8 Å². The van der Waals surface area contributed by atoms with E-state index in [1.807, 2.05) is 43.3 Å². The highest BCUT2D eigenvalue weighted by atomic mass is 16.6. The average Bonchev–Trinajstić information content (AvgIpc) is 2.90. The van der Waals surface area contributed by atoms with Gasteiger partial charge in [0.1, 0.15) is 6.54 Å². The first-order chi connectivity index (χ1) is 9.56. The van der Waals surface area contributed by atoms with E-state index in [9.17, 15) is 4.79 Å². The maximum atomic E-state index is 11.0. The van der Waals surface area contributed by atoms with E-state index < -0.39 is 12.2 Å². The second kappa shape index (κ2) is 6.00. The Morgan fingerprint density at radius 1 is 1.40 bits per heavy atom. The summed E-state index contributed by atoms with van der Waals surface area (Å²) in [5.74, 6) is 0. The quantitative estimate of drug-likeness (QED) is 0.857. The summed E-state index contributed by atoms with van der Waals surface area (Å²) in [5, 5.41) is 11.2. The van der Waals surface area contributed by atoms with Crippen LogP contribution in [0.2, 0.25) is 0 Å². The van der Waals surface area contributed by atoms with E-state index in [0.29, 0.717) is 0 Å². The normalized spacial score (nSPS) is 11.9. The number of amides is 1. The van der Waals surface area contributed by atoms with E-state index >= 15 is 0 Å². The van der Waals surface area contributed by atoms with Crippen LogP contribution in [-0.2, 0) is 11.3 Å². The summed E-state index contributed by atoms with van der Waals surface area (Å²) in [6, 6.07) is 7.61. The number of nitrogens with zero attached hydrogens (tertiary/aromatic N) is 5.